The molecule has 5 nitrogen and oxygen atoms in total. The van der Waals surface area contributed by atoms with Gasteiger partial charge in [0.1, 0.15) is 0 Å². The molecular weight excluding hydrogens is 295 g/mol. The van der Waals surface area contributed by atoms with Crippen molar-refractivity contribution >= 4 is 10.0 Å². The molecule has 0 aliphatic carbocycles. The summed E-state index contributed by atoms with van der Waals surface area (Å²) >= 11 is 0. The third kappa shape index (κ3) is 3.36. The molecule has 0 unspecified atom stereocenters. The molecule has 0 bridgehead atoms. The molecule has 1 aromatic rings. The van der Waals surface area contributed by atoms with E-state index in [2.05, 4.69) is 4.90 Å². The van der Waals surface area contributed by atoms with Gasteiger partial charge in [-0.25, -0.2) is 12.8 Å². The zero-order valence-electron chi connectivity index (χ0n) is 12.5. The molecule has 21 heavy (non-hydrogen) atoms. The van der Waals surface area contributed by atoms with Crippen molar-refractivity contribution in [3.63, 3.8) is 0 Å². The van der Waals surface area contributed by atoms with E-state index in [1.54, 1.807) is 0 Å². The number of benzene rings is 1. The summed E-state index contributed by atoms with van der Waals surface area (Å²) in [4.78, 5) is 2.08. The highest BCUT2D eigenvalue weighted by atomic mass is 32.2. The molecule has 0 amide bonds. The smallest absolute Gasteiger partial charge is 0.243 e. The summed E-state index contributed by atoms with van der Waals surface area (Å²) in [6.45, 7) is 0.914. The van der Waals surface area contributed by atoms with Gasteiger partial charge in [-0.1, -0.05) is 0 Å². The SMILES string of the molecule is COc1ccc(S(=O)(=O)N2CCC(N(C)C)CC2)cc1F. The van der Waals surface area contributed by atoms with E-state index < -0.39 is 15.8 Å². The van der Waals surface area contributed by atoms with Crippen LogP contribution in [0.25, 0.3) is 0 Å². The predicted molar refractivity (Wildman–Crippen MR) is 78.4 cm³/mol. The summed E-state index contributed by atoms with van der Waals surface area (Å²) < 4.78 is 45.0. The average Bonchev–Trinajstić information content (AvgIpc) is 2.47. The fraction of sp³-hybridized carbons (Fsp3) is 0.571. The second-order valence-corrected chi connectivity index (χ2v) is 7.33. The fourth-order valence-electron chi connectivity index (χ4n) is 2.56. The van der Waals surface area contributed by atoms with Crippen LogP contribution in [0.3, 0.4) is 0 Å². The summed E-state index contributed by atoms with van der Waals surface area (Å²) in [6.07, 6.45) is 1.57. The Morgan fingerprint density at radius 2 is 1.90 bits per heavy atom. The summed E-state index contributed by atoms with van der Waals surface area (Å²) in [6, 6.07) is 4.14. The molecule has 1 aromatic carbocycles. The number of ether oxygens (including phenoxy) is 1. The van der Waals surface area contributed by atoms with Crippen molar-refractivity contribution in [2.45, 2.75) is 23.8 Å². The minimum atomic E-state index is -3.64. The van der Waals surface area contributed by atoms with Crippen LogP contribution in [0.1, 0.15) is 12.8 Å². The first-order valence-corrected chi connectivity index (χ1v) is 8.30. The monoisotopic (exact) mass is 316 g/mol. The van der Waals surface area contributed by atoms with E-state index in [0.29, 0.717) is 19.1 Å². The van der Waals surface area contributed by atoms with Crippen LogP contribution >= 0.6 is 0 Å². The molecule has 7 heteroatoms. The zero-order valence-corrected chi connectivity index (χ0v) is 13.4. The molecule has 0 radical (unpaired) electrons. The van der Waals surface area contributed by atoms with Gasteiger partial charge in [0.25, 0.3) is 0 Å². The summed E-state index contributed by atoms with van der Waals surface area (Å²) in [5, 5.41) is 0. The Kier molecular flexibility index (Phi) is 4.85. The molecule has 0 atom stereocenters. The first-order chi connectivity index (χ1) is 9.86. The fourth-order valence-corrected chi connectivity index (χ4v) is 4.04. The molecule has 1 aliphatic heterocycles. The van der Waals surface area contributed by atoms with Crippen molar-refractivity contribution in [2.75, 3.05) is 34.3 Å². The lowest BCUT2D eigenvalue weighted by Gasteiger charge is -2.34. The first kappa shape index (κ1) is 16.2. The van der Waals surface area contributed by atoms with Crippen LogP contribution in [0.4, 0.5) is 4.39 Å². The number of hydrogen-bond donors (Lipinski definition) is 0. The number of methoxy groups -OCH3 is 1. The number of piperidine rings is 1. The third-order valence-electron chi connectivity index (χ3n) is 3.91. The highest BCUT2D eigenvalue weighted by Gasteiger charge is 2.30. The van der Waals surface area contributed by atoms with Gasteiger partial charge in [0.15, 0.2) is 11.6 Å². The van der Waals surface area contributed by atoms with Crippen LogP contribution < -0.4 is 4.74 Å². The number of halogens is 1. The maximum absolute atomic E-state index is 13.7. The normalized spacial score (nSPS) is 18.1. The van der Waals surface area contributed by atoms with Crippen molar-refractivity contribution in [3.8, 4) is 5.75 Å². The van der Waals surface area contributed by atoms with Gasteiger partial charge in [0.05, 0.1) is 12.0 Å². The summed E-state index contributed by atoms with van der Waals surface area (Å²) in [7, 11) is 1.69. The lowest BCUT2D eigenvalue weighted by atomic mass is 10.1. The van der Waals surface area contributed by atoms with Crippen LogP contribution in [-0.4, -0.2) is 58.0 Å². The molecule has 1 fully saturated rings. The Morgan fingerprint density at radius 3 is 2.38 bits per heavy atom. The highest BCUT2D eigenvalue weighted by molar-refractivity contribution is 7.89. The Hall–Kier alpha value is -1.18. The van der Waals surface area contributed by atoms with E-state index in [-0.39, 0.29) is 10.6 Å². The van der Waals surface area contributed by atoms with Gasteiger partial charge in [0.2, 0.25) is 10.0 Å². The van der Waals surface area contributed by atoms with Crippen LogP contribution in [0.5, 0.6) is 5.75 Å². The highest BCUT2D eigenvalue weighted by Crippen LogP contribution is 2.25. The molecular formula is C14H21FN2O3S. The molecule has 118 valence electrons. The van der Waals surface area contributed by atoms with E-state index in [1.807, 2.05) is 14.1 Å². The van der Waals surface area contributed by atoms with Gasteiger partial charge in [-0.2, -0.15) is 4.31 Å². The lowest BCUT2D eigenvalue weighted by molar-refractivity contribution is 0.196. The van der Waals surface area contributed by atoms with E-state index in [4.69, 9.17) is 4.74 Å². The maximum Gasteiger partial charge on any atom is 0.243 e. The number of rotatable bonds is 4. The minimum absolute atomic E-state index is 0.0240. The quantitative estimate of drug-likeness (QED) is 0.846. The Morgan fingerprint density at radius 1 is 1.29 bits per heavy atom. The first-order valence-electron chi connectivity index (χ1n) is 6.86. The molecule has 0 N–H and O–H groups in total. The van der Waals surface area contributed by atoms with Crippen LogP contribution in [0.2, 0.25) is 0 Å². The number of nitrogens with zero attached hydrogens (tertiary/aromatic N) is 2. The second kappa shape index (κ2) is 6.29. The van der Waals surface area contributed by atoms with E-state index in [0.717, 1.165) is 18.9 Å². The van der Waals surface area contributed by atoms with Gasteiger partial charge >= 0.3 is 0 Å². The molecule has 0 spiro atoms. The van der Waals surface area contributed by atoms with Gasteiger partial charge in [0, 0.05) is 19.1 Å². The molecule has 2 rings (SSSR count). The van der Waals surface area contributed by atoms with Crippen molar-refractivity contribution < 1.29 is 17.5 Å². The largest absolute Gasteiger partial charge is 0.494 e. The predicted octanol–water partition coefficient (Wildman–Crippen LogP) is 1.55. The summed E-state index contributed by atoms with van der Waals surface area (Å²) in [5.74, 6) is -0.623. The van der Waals surface area contributed by atoms with Crippen molar-refractivity contribution in [3.05, 3.63) is 24.0 Å². The Labute approximate surface area is 125 Å². The van der Waals surface area contributed by atoms with E-state index in [1.165, 1.54) is 23.5 Å². The van der Waals surface area contributed by atoms with Crippen molar-refractivity contribution in [2.24, 2.45) is 0 Å². The standard InChI is InChI=1S/C14H21FN2O3S/c1-16(2)11-6-8-17(9-7-11)21(18,19)12-4-5-14(20-3)13(15)10-12/h4-5,10-11H,6-9H2,1-3H3. The van der Waals surface area contributed by atoms with Gasteiger partial charge < -0.3 is 9.64 Å². The second-order valence-electron chi connectivity index (χ2n) is 5.40. The Balaban J connectivity index is 2.17. The van der Waals surface area contributed by atoms with Gasteiger partial charge in [-0.3, -0.25) is 0 Å². The van der Waals surface area contributed by atoms with E-state index >= 15 is 0 Å². The molecule has 0 saturated carbocycles. The minimum Gasteiger partial charge on any atom is -0.494 e. The average molecular weight is 316 g/mol. The zero-order chi connectivity index (χ0) is 15.6. The van der Waals surface area contributed by atoms with Crippen molar-refractivity contribution in [1.82, 2.24) is 9.21 Å². The topological polar surface area (TPSA) is 49.9 Å². The van der Waals surface area contributed by atoms with E-state index in [9.17, 15) is 12.8 Å². The van der Waals surface area contributed by atoms with Crippen LogP contribution in [-0.2, 0) is 10.0 Å². The maximum atomic E-state index is 13.7. The Bertz CT molecular complexity index is 596. The molecule has 1 saturated heterocycles. The molecule has 1 aliphatic rings. The van der Waals surface area contributed by atoms with Crippen molar-refractivity contribution in [1.29, 1.82) is 0 Å². The van der Waals surface area contributed by atoms with Gasteiger partial charge in [-0.05, 0) is 45.1 Å². The van der Waals surface area contributed by atoms with Crippen LogP contribution in [0, 0.1) is 5.82 Å². The molecule has 0 aromatic heterocycles. The number of sulfonamides is 1. The van der Waals surface area contributed by atoms with Crippen LogP contribution in [0.15, 0.2) is 23.1 Å². The third-order valence-corrected chi connectivity index (χ3v) is 5.81. The van der Waals surface area contributed by atoms with Gasteiger partial charge in [-0.15, -0.1) is 0 Å². The number of hydrogen-bond acceptors (Lipinski definition) is 4. The lowest BCUT2D eigenvalue weighted by Crippen LogP contribution is -2.44. The summed E-state index contributed by atoms with van der Waals surface area (Å²) in [5.41, 5.74) is 0. The molecule has 1 heterocycles.